The average Bonchev–Trinajstić information content (AvgIpc) is 2.82. The number of sulfone groups is 1. The summed E-state index contributed by atoms with van der Waals surface area (Å²) in [5.41, 5.74) is 0.961. The molecule has 1 aromatic rings. The fourth-order valence-electron chi connectivity index (χ4n) is 2.52. The lowest BCUT2D eigenvalue weighted by atomic mass is 10.0. The van der Waals surface area contributed by atoms with Gasteiger partial charge in [0, 0.05) is 30.5 Å². The molecule has 0 saturated carbocycles. The Balaban J connectivity index is 1.97. The fourth-order valence-corrected chi connectivity index (χ4v) is 4.65. The number of aryl methyl sites for hydroxylation is 1. The van der Waals surface area contributed by atoms with E-state index in [-0.39, 0.29) is 11.3 Å². The lowest BCUT2D eigenvalue weighted by Gasteiger charge is -2.24. The summed E-state index contributed by atoms with van der Waals surface area (Å²) in [6, 6.07) is 4.13. The summed E-state index contributed by atoms with van der Waals surface area (Å²) < 4.78 is 25.3. The minimum Gasteiger partial charge on any atom is -0.350 e. The average molecular weight is 270 g/mol. The van der Waals surface area contributed by atoms with Crippen molar-refractivity contribution < 1.29 is 8.42 Å². The summed E-state index contributed by atoms with van der Waals surface area (Å²) in [5, 5.41) is 3.41. The van der Waals surface area contributed by atoms with E-state index in [1.165, 1.54) is 5.69 Å². The van der Waals surface area contributed by atoms with Gasteiger partial charge in [-0.2, -0.15) is 0 Å². The van der Waals surface area contributed by atoms with Crippen LogP contribution in [0.4, 0.5) is 0 Å². The Kier molecular flexibility index (Phi) is 3.82. The van der Waals surface area contributed by atoms with Crippen LogP contribution in [0.15, 0.2) is 18.3 Å². The Labute approximate surface area is 109 Å². The molecule has 1 unspecified atom stereocenters. The summed E-state index contributed by atoms with van der Waals surface area (Å²) in [6.45, 7) is 5.91. The highest BCUT2D eigenvalue weighted by atomic mass is 32.2. The number of aromatic nitrogens is 1. The van der Waals surface area contributed by atoms with Crippen molar-refractivity contribution in [2.45, 2.75) is 45.3 Å². The van der Waals surface area contributed by atoms with Gasteiger partial charge >= 0.3 is 0 Å². The Bertz CT molecular complexity index is 507. The van der Waals surface area contributed by atoms with Crippen LogP contribution in [0.25, 0.3) is 0 Å². The van der Waals surface area contributed by atoms with Crippen LogP contribution in [0.2, 0.25) is 0 Å². The minimum atomic E-state index is -2.83. The molecule has 1 saturated heterocycles. The lowest BCUT2D eigenvalue weighted by Crippen LogP contribution is -2.43. The van der Waals surface area contributed by atoms with Gasteiger partial charge in [0.25, 0.3) is 0 Å². The van der Waals surface area contributed by atoms with Gasteiger partial charge in [0.05, 0.1) is 11.5 Å². The molecule has 1 aliphatic rings. The molecule has 2 heterocycles. The van der Waals surface area contributed by atoms with Gasteiger partial charge in [-0.1, -0.05) is 6.92 Å². The van der Waals surface area contributed by atoms with E-state index < -0.39 is 9.84 Å². The first kappa shape index (κ1) is 13.6. The molecule has 0 radical (unpaired) electrons. The maximum absolute atomic E-state index is 11.5. The second-order valence-corrected chi connectivity index (χ2v) is 7.63. The van der Waals surface area contributed by atoms with Crippen molar-refractivity contribution in [1.82, 2.24) is 9.88 Å². The number of hydrogen-bond acceptors (Lipinski definition) is 3. The summed E-state index contributed by atoms with van der Waals surface area (Å²) in [4.78, 5) is 0. The molecule has 1 atom stereocenters. The van der Waals surface area contributed by atoms with E-state index in [1.807, 2.05) is 13.0 Å². The van der Waals surface area contributed by atoms with Crippen molar-refractivity contribution in [1.29, 1.82) is 0 Å². The van der Waals surface area contributed by atoms with Gasteiger partial charge in [-0.05, 0) is 31.9 Å². The third-order valence-corrected chi connectivity index (χ3v) is 5.49. The molecule has 1 fully saturated rings. The van der Waals surface area contributed by atoms with Crippen molar-refractivity contribution in [2.24, 2.45) is 0 Å². The number of hydrogen-bond donors (Lipinski definition) is 1. The molecule has 5 heteroatoms. The Morgan fingerprint density at radius 1 is 1.50 bits per heavy atom. The Morgan fingerprint density at radius 2 is 2.28 bits per heavy atom. The van der Waals surface area contributed by atoms with Crippen LogP contribution < -0.4 is 5.32 Å². The predicted molar refractivity (Wildman–Crippen MR) is 73.2 cm³/mol. The zero-order valence-electron chi connectivity index (χ0n) is 11.1. The molecule has 1 N–H and O–H groups in total. The Hall–Kier alpha value is -0.810. The largest absolute Gasteiger partial charge is 0.350 e. The van der Waals surface area contributed by atoms with Crippen molar-refractivity contribution in [2.75, 3.05) is 11.5 Å². The fraction of sp³-hybridized carbons (Fsp3) is 0.692. The van der Waals surface area contributed by atoms with Crippen LogP contribution in [0.1, 0.15) is 32.4 Å². The normalized spacial score (nSPS) is 26.6. The molecule has 4 nitrogen and oxygen atoms in total. The van der Waals surface area contributed by atoms with Gasteiger partial charge in [-0.15, -0.1) is 0 Å². The molecule has 0 spiro atoms. The molecule has 1 aromatic heterocycles. The molecule has 1 aliphatic heterocycles. The van der Waals surface area contributed by atoms with Crippen LogP contribution in [0.5, 0.6) is 0 Å². The predicted octanol–water partition coefficient (Wildman–Crippen LogP) is 1.56. The molecule has 2 rings (SSSR count). The number of nitrogens with one attached hydrogen (secondary N) is 1. The topological polar surface area (TPSA) is 51.1 Å². The Morgan fingerprint density at radius 3 is 2.89 bits per heavy atom. The van der Waals surface area contributed by atoms with Crippen LogP contribution in [-0.2, 0) is 22.9 Å². The van der Waals surface area contributed by atoms with E-state index in [9.17, 15) is 8.42 Å². The molecule has 18 heavy (non-hydrogen) atoms. The second-order valence-electron chi connectivity index (χ2n) is 5.45. The maximum atomic E-state index is 11.5. The number of rotatable bonds is 5. The zero-order valence-corrected chi connectivity index (χ0v) is 12.0. The quantitative estimate of drug-likeness (QED) is 0.883. The van der Waals surface area contributed by atoms with E-state index in [0.29, 0.717) is 12.2 Å². The SMILES string of the molecule is CCCn1cccc1CNC1(C)CCS(=O)(=O)C1. The molecule has 0 bridgehead atoms. The smallest absolute Gasteiger partial charge is 0.152 e. The van der Waals surface area contributed by atoms with Crippen molar-refractivity contribution in [3.8, 4) is 0 Å². The maximum Gasteiger partial charge on any atom is 0.152 e. The first-order chi connectivity index (χ1) is 8.44. The third kappa shape index (κ3) is 3.14. The second kappa shape index (κ2) is 5.05. The highest BCUT2D eigenvalue weighted by Gasteiger charge is 2.37. The monoisotopic (exact) mass is 270 g/mol. The summed E-state index contributed by atoms with van der Waals surface area (Å²) in [5.74, 6) is 0.570. The van der Waals surface area contributed by atoms with E-state index in [1.54, 1.807) is 0 Å². The molecule has 102 valence electrons. The lowest BCUT2D eigenvalue weighted by molar-refractivity contribution is 0.388. The number of nitrogens with zero attached hydrogens (tertiary/aromatic N) is 1. The van der Waals surface area contributed by atoms with Gasteiger partial charge in [-0.3, -0.25) is 0 Å². The van der Waals surface area contributed by atoms with Gasteiger partial charge in [-0.25, -0.2) is 8.42 Å². The van der Waals surface area contributed by atoms with Crippen LogP contribution in [0.3, 0.4) is 0 Å². The zero-order chi connectivity index (χ0) is 13.2. The highest BCUT2D eigenvalue weighted by molar-refractivity contribution is 7.91. The summed E-state index contributed by atoms with van der Waals surface area (Å²) >= 11 is 0. The van der Waals surface area contributed by atoms with Crippen LogP contribution in [0, 0.1) is 0 Å². The molecule has 0 amide bonds. The molecular formula is C13H22N2O2S. The standard InChI is InChI=1S/C13H22N2O2S/c1-3-7-15-8-4-5-12(15)10-14-13(2)6-9-18(16,17)11-13/h4-5,8,14H,3,6-7,9-11H2,1-2H3. The third-order valence-electron chi connectivity index (χ3n) is 3.59. The van der Waals surface area contributed by atoms with E-state index in [2.05, 4.69) is 29.1 Å². The minimum absolute atomic E-state index is 0.258. The first-order valence-corrected chi connectivity index (χ1v) is 8.36. The summed E-state index contributed by atoms with van der Waals surface area (Å²) in [6.07, 6.45) is 3.89. The van der Waals surface area contributed by atoms with Crippen LogP contribution >= 0.6 is 0 Å². The van der Waals surface area contributed by atoms with E-state index >= 15 is 0 Å². The molecular weight excluding hydrogens is 248 g/mol. The van der Waals surface area contributed by atoms with Crippen molar-refractivity contribution >= 4 is 9.84 Å². The van der Waals surface area contributed by atoms with Gasteiger partial charge in [0.2, 0.25) is 0 Å². The van der Waals surface area contributed by atoms with Crippen LogP contribution in [-0.4, -0.2) is 30.0 Å². The van der Waals surface area contributed by atoms with E-state index in [4.69, 9.17) is 0 Å². The molecule has 0 aliphatic carbocycles. The first-order valence-electron chi connectivity index (χ1n) is 6.54. The highest BCUT2D eigenvalue weighted by Crippen LogP contribution is 2.23. The summed E-state index contributed by atoms with van der Waals surface area (Å²) in [7, 11) is -2.83. The van der Waals surface area contributed by atoms with Gasteiger partial charge in [0.1, 0.15) is 0 Å². The van der Waals surface area contributed by atoms with Gasteiger partial charge in [0.15, 0.2) is 9.84 Å². The van der Waals surface area contributed by atoms with Crippen molar-refractivity contribution in [3.05, 3.63) is 24.0 Å². The molecule has 0 aromatic carbocycles. The van der Waals surface area contributed by atoms with Crippen molar-refractivity contribution in [3.63, 3.8) is 0 Å². The van der Waals surface area contributed by atoms with E-state index in [0.717, 1.165) is 19.5 Å². The van der Waals surface area contributed by atoms with Gasteiger partial charge < -0.3 is 9.88 Å².